The van der Waals surface area contributed by atoms with Gasteiger partial charge in [0, 0.05) is 5.69 Å². The van der Waals surface area contributed by atoms with Gasteiger partial charge in [0.25, 0.3) is 0 Å². The van der Waals surface area contributed by atoms with Crippen molar-refractivity contribution in [1.82, 2.24) is 0 Å². The molecule has 1 aliphatic rings. The molecule has 0 aliphatic heterocycles. The fourth-order valence-electron chi connectivity index (χ4n) is 2.72. The molecule has 0 saturated carbocycles. The molecule has 0 radical (unpaired) electrons. The minimum absolute atomic E-state index is 0.117. The van der Waals surface area contributed by atoms with Gasteiger partial charge in [-0.05, 0) is 76.7 Å². The van der Waals surface area contributed by atoms with Gasteiger partial charge in [-0.2, -0.15) is 0 Å². The van der Waals surface area contributed by atoms with E-state index in [1.807, 2.05) is 12.1 Å². The minimum Gasteiger partial charge on any atom is -0.508 e. The lowest BCUT2D eigenvalue weighted by Gasteiger charge is -2.27. The van der Waals surface area contributed by atoms with E-state index in [0.717, 1.165) is 30.5 Å². The van der Waals surface area contributed by atoms with Crippen LogP contribution >= 0.6 is 15.9 Å². The Labute approximate surface area is 125 Å². The van der Waals surface area contributed by atoms with Crippen molar-refractivity contribution in [3.05, 3.63) is 57.8 Å². The molecule has 104 valence electrons. The number of nitrogens with one attached hydrogen (secondary N) is 1. The predicted molar refractivity (Wildman–Crippen MR) is 81.5 cm³/mol. The van der Waals surface area contributed by atoms with E-state index < -0.39 is 0 Å². The first-order valence-electron chi connectivity index (χ1n) is 6.67. The number of phenols is 1. The van der Waals surface area contributed by atoms with Crippen LogP contribution in [0.15, 0.2) is 40.9 Å². The quantitative estimate of drug-likeness (QED) is 0.827. The van der Waals surface area contributed by atoms with Crippen LogP contribution in [0.1, 0.15) is 30.0 Å². The van der Waals surface area contributed by atoms with E-state index in [1.54, 1.807) is 18.2 Å². The highest BCUT2D eigenvalue weighted by Gasteiger charge is 2.20. The van der Waals surface area contributed by atoms with Gasteiger partial charge in [-0.3, -0.25) is 0 Å². The maximum atomic E-state index is 13.6. The van der Waals surface area contributed by atoms with E-state index >= 15 is 0 Å². The monoisotopic (exact) mass is 335 g/mol. The van der Waals surface area contributed by atoms with Crippen molar-refractivity contribution in [2.75, 3.05) is 5.32 Å². The van der Waals surface area contributed by atoms with Crippen LogP contribution < -0.4 is 5.32 Å². The molecule has 0 amide bonds. The van der Waals surface area contributed by atoms with Gasteiger partial charge in [0.1, 0.15) is 11.6 Å². The number of halogens is 2. The first-order chi connectivity index (χ1) is 9.63. The lowest BCUT2D eigenvalue weighted by molar-refractivity contribution is 0.471. The van der Waals surface area contributed by atoms with Crippen LogP contribution in [0.3, 0.4) is 0 Å². The van der Waals surface area contributed by atoms with Crippen LogP contribution in [0.2, 0.25) is 0 Å². The number of hydrogen-bond acceptors (Lipinski definition) is 2. The maximum absolute atomic E-state index is 13.6. The predicted octanol–water partition coefficient (Wildman–Crippen LogP) is 4.78. The Morgan fingerprint density at radius 1 is 1.20 bits per heavy atom. The summed E-state index contributed by atoms with van der Waals surface area (Å²) in [6.07, 6.45) is 3.10. The van der Waals surface area contributed by atoms with E-state index in [9.17, 15) is 9.50 Å². The summed E-state index contributed by atoms with van der Waals surface area (Å²) in [5.74, 6) is 0.00128. The lowest BCUT2D eigenvalue weighted by Crippen LogP contribution is -2.17. The lowest BCUT2D eigenvalue weighted by atomic mass is 9.87. The number of rotatable bonds is 2. The molecule has 2 nitrogen and oxygen atoms in total. The summed E-state index contributed by atoms with van der Waals surface area (Å²) in [4.78, 5) is 0. The molecule has 1 unspecified atom stereocenters. The topological polar surface area (TPSA) is 32.3 Å². The van der Waals surface area contributed by atoms with Crippen LogP contribution in [0, 0.1) is 5.82 Å². The zero-order valence-corrected chi connectivity index (χ0v) is 12.5. The van der Waals surface area contributed by atoms with Crippen molar-refractivity contribution in [2.24, 2.45) is 0 Å². The molecule has 3 rings (SSSR count). The molecular formula is C16H15BrFNO. The van der Waals surface area contributed by atoms with Crippen LogP contribution in [0.4, 0.5) is 10.1 Å². The Balaban J connectivity index is 1.89. The van der Waals surface area contributed by atoms with E-state index in [4.69, 9.17) is 0 Å². The van der Waals surface area contributed by atoms with Gasteiger partial charge in [-0.1, -0.05) is 6.07 Å². The summed E-state index contributed by atoms with van der Waals surface area (Å²) in [5.41, 5.74) is 3.12. The highest BCUT2D eigenvalue weighted by Crippen LogP contribution is 2.35. The third-order valence-corrected chi connectivity index (χ3v) is 4.35. The summed E-state index contributed by atoms with van der Waals surface area (Å²) in [5, 5.41) is 13.0. The van der Waals surface area contributed by atoms with Gasteiger partial charge < -0.3 is 10.4 Å². The van der Waals surface area contributed by atoms with Crippen molar-refractivity contribution in [2.45, 2.75) is 25.3 Å². The van der Waals surface area contributed by atoms with Crippen molar-refractivity contribution in [1.29, 1.82) is 0 Å². The highest BCUT2D eigenvalue weighted by atomic mass is 79.9. The number of phenolic OH excluding ortho intramolecular Hbond substituents is 1. The fraction of sp³-hybridized carbons (Fsp3) is 0.250. The summed E-state index contributed by atoms with van der Waals surface area (Å²) in [6, 6.07) is 10.7. The van der Waals surface area contributed by atoms with E-state index in [0.29, 0.717) is 4.47 Å². The molecule has 0 aromatic heterocycles. The Morgan fingerprint density at radius 3 is 2.85 bits per heavy atom. The zero-order valence-electron chi connectivity index (χ0n) is 10.9. The van der Waals surface area contributed by atoms with Gasteiger partial charge in [0.15, 0.2) is 0 Å². The Morgan fingerprint density at radius 2 is 2.05 bits per heavy atom. The highest BCUT2D eigenvalue weighted by molar-refractivity contribution is 9.10. The Kier molecular flexibility index (Phi) is 3.66. The normalized spacial score (nSPS) is 17.6. The summed E-state index contributed by atoms with van der Waals surface area (Å²) >= 11 is 3.15. The molecule has 2 N–H and O–H groups in total. The second kappa shape index (κ2) is 5.44. The number of anilines is 1. The van der Waals surface area contributed by atoms with Crippen LogP contribution in [-0.2, 0) is 6.42 Å². The van der Waals surface area contributed by atoms with Crippen LogP contribution in [-0.4, -0.2) is 5.11 Å². The Hall–Kier alpha value is -1.55. The molecule has 2 aromatic rings. The van der Waals surface area contributed by atoms with Crippen LogP contribution in [0.25, 0.3) is 0 Å². The second-order valence-electron chi connectivity index (χ2n) is 5.10. The van der Waals surface area contributed by atoms with E-state index in [1.165, 1.54) is 11.6 Å². The third-order valence-electron chi connectivity index (χ3n) is 3.70. The average molecular weight is 336 g/mol. The molecule has 0 bridgehead atoms. The SMILES string of the molecule is Oc1ccc2c(c1)C(Nc1ccc(Br)c(F)c1)CCC2. The third kappa shape index (κ3) is 2.66. The van der Waals surface area contributed by atoms with Gasteiger partial charge in [-0.15, -0.1) is 0 Å². The molecule has 0 heterocycles. The zero-order chi connectivity index (χ0) is 14.1. The first-order valence-corrected chi connectivity index (χ1v) is 7.46. The number of aryl methyl sites for hydroxylation is 1. The molecule has 0 fully saturated rings. The molecule has 1 aliphatic carbocycles. The molecule has 1 atom stereocenters. The van der Waals surface area contributed by atoms with Crippen molar-refractivity contribution >= 4 is 21.6 Å². The largest absolute Gasteiger partial charge is 0.508 e. The molecular weight excluding hydrogens is 321 g/mol. The molecule has 4 heteroatoms. The van der Waals surface area contributed by atoms with E-state index in [2.05, 4.69) is 21.2 Å². The van der Waals surface area contributed by atoms with Crippen molar-refractivity contribution in [3.63, 3.8) is 0 Å². The summed E-state index contributed by atoms with van der Waals surface area (Å²) in [7, 11) is 0. The maximum Gasteiger partial charge on any atom is 0.139 e. The average Bonchev–Trinajstić information content (AvgIpc) is 2.44. The molecule has 20 heavy (non-hydrogen) atoms. The number of aromatic hydroxyl groups is 1. The molecule has 0 saturated heterocycles. The molecule has 2 aromatic carbocycles. The first kappa shape index (κ1) is 13.4. The second-order valence-corrected chi connectivity index (χ2v) is 5.96. The summed E-state index contributed by atoms with van der Waals surface area (Å²) in [6.45, 7) is 0. The van der Waals surface area contributed by atoms with Crippen molar-refractivity contribution in [3.8, 4) is 5.75 Å². The fourth-order valence-corrected chi connectivity index (χ4v) is 2.97. The smallest absolute Gasteiger partial charge is 0.139 e. The number of hydrogen-bond donors (Lipinski definition) is 2. The van der Waals surface area contributed by atoms with Crippen LogP contribution in [0.5, 0.6) is 5.75 Å². The Bertz CT molecular complexity index is 644. The standard InChI is InChI=1S/C16H15BrFNO/c17-14-7-5-11(8-15(14)18)19-16-3-1-2-10-4-6-12(20)9-13(10)16/h4-9,16,19-20H,1-3H2. The number of fused-ring (bicyclic) bond motifs is 1. The van der Waals surface area contributed by atoms with E-state index in [-0.39, 0.29) is 17.6 Å². The van der Waals surface area contributed by atoms with Gasteiger partial charge >= 0.3 is 0 Å². The molecule has 0 spiro atoms. The minimum atomic E-state index is -0.276. The van der Waals surface area contributed by atoms with Gasteiger partial charge in [0.2, 0.25) is 0 Å². The summed E-state index contributed by atoms with van der Waals surface area (Å²) < 4.78 is 14.0. The van der Waals surface area contributed by atoms with Gasteiger partial charge in [0.05, 0.1) is 10.5 Å². The van der Waals surface area contributed by atoms with Crippen molar-refractivity contribution < 1.29 is 9.50 Å². The van der Waals surface area contributed by atoms with Gasteiger partial charge in [-0.25, -0.2) is 4.39 Å². The number of benzene rings is 2.